The lowest BCUT2D eigenvalue weighted by molar-refractivity contribution is 0.873. The van der Waals surface area contributed by atoms with Crippen molar-refractivity contribution in [2.45, 2.75) is 13.5 Å². The summed E-state index contributed by atoms with van der Waals surface area (Å²) < 4.78 is 0. The van der Waals surface area contributed by atoms with Crippen LogP contribution in [0, 0.1) is 6.92 Å². The van der Waals surface area contributed by atoms with E-state index in [2.05, 4.69) is 9.97 Å². The Labute approximate surface area is 116 Å². The first-order chi connectivity index (χ1) is 8.95. The van der Waals surface area contributed by atoms with Crippen LogP contribution in [0.5, 0.6) is 0 Å². The molecule has 1 aromatic heterocycles. The zero-order chi connectivity index (χ0) is 14.0. The number of nitrogens with one attached hydrogen (secondary N) is 1. The second-order valence-corrected chi connectivity index (χ2v) is 4.80. The largest absolute Gasteiger partial charge is 0.399 e. The lowest BCUT2D eigenvalue weighted by Gasteiger charge is -2.19. The van der Waals surface area contributed by atoms with Gasteiger partial charge in [0.1, 0.15) is 11.6 Å². The standard InChI is InChI=1S/C13H15ClN4O/c1-8-16-12(6-13(19)17-8)18(2)7-9-5-10(15)3-4-11(9)14/h3-6H,7,15H2,1-2H3,(H,16,17,19). The van der Waals surface area contributed by atoms with E-state index in [1.54, 1.807) is 19.1 Å². The SMILES string of the molecule is Cc1nc(N(C)Cc2cc(N)ccc2Cl)cc(=O)[nH]1. The molecular weight excluding hydrogens is 264 g/mol. The Morgan fingerprint density at radius 3 is 2.84 bits per heavy atom. The average Bonchev–Trinajstić information content (AvgIpc) is 2.32. The number of hydrogen-bond donors (Lipinski definition) is 2. The van der Waals surface area contributed by atoms with E-state index in [-0.39, 0.29) is 5.56 Å². The van der Waals surface area contributed by atoms with Crippen molar-refractivity contribution in [2.75, 3.05) is 17.7 Å². The number of nitrogens with zero attached hydrogens (tertiary/aromatic N) is 2. The predicted octanol–water partition coefficient (Wildman–Crippen LogP) is 1.95. The van der Waals surface area contributed by atoms with E-state index in [0.29, 0.717) is 28.9 Å². The Bertz CT molecular complexity index is 653. The van der Waals surface area contributed by atoms with E-state index in [0.717, 1.165) is 5.56 Å². The first kappa shape index (κ1) is 13.4. The maximum atomic E-state index is 11.4. The van der Waals surface area contributed by atoms with E-state index < -0.39 is 0 Å². The first-order valence-corrected chi connectivity index (χ1v) is 6.16. The van der Waals surface area contributed by atoms with Gasteiger partial charge in [-0.15, -0.1) is 0 Å². The number of H-pyrrole nitrogens is 1. The van der Waals surface area contributed by atoms with Crippen LogP contribution in [0.4, 0.5) is 11.5 Å². The Hall–Kier alpha value is -2.01. The average molecular weight is 279 g/mol. The molecule has 0 saturated carbocycles. The van der Waals surface area contributed by atoms with Gasteiger partial charge in [0.15, 0.2) is 0 Å². The van der Waals surface area contributed by atoms with Gasteiger partial charge in [0.25, 0.3) is 5.56 Å². The van der Waals surface area contributed by atoms with Crippen LogP contribution in [0.2, 0.25) is 5.02 Å². The Balaban J connectivity index is 2.27. The lowest BCUT2D eigenvalue weighted by Crippen LogP contribution is -2.21. The second kappa shape index (κ2) is 5.32. The van der Waals surface area contributed by atoms with Gasteiger partial charge in [-0.3, -0.25) is 4.79 Å². The summed E-state index contributed by atoms with van der Waals surface area (Å²) in [4.78, 5) is 20.2. The molecule has 1 aromatic carbocycles. The highest BCUT2D eigenvalue weighted by Crippen LogP contribution is 2.21. The normalized spacial score (nSPS) is 10.5. The van der Waals surface area contributed by atoms with E-state index in [9.17, 15) is 4.79 Å². The van der Waals surface area contributed by atoms with Crippen molar-refractivity contribution in [3.63, 3.8) is 0 Å². The summed E-state index contributed by atoms with van der Waals surface area (Å²) in [5.74, 6) is 1.17. The van der Waals surface area contributed by atoms with Gasteiger partial charge in [-0.2, -0.15) is 0 Å². The molecule has 0 radical (unpaired) electrons. The quantitative estimate of drug-likeness (QED) is 0.842. The highest BCUT2D eigenvalue weighted by Gasteiger charge is 2.08. The van der Waals surface area contributed by atoms with Crippen molar-refractivity contribution < 1.29 is 0 Å². The van der Waals surface area contributed by atoms with Gasteiger partial charge in [0.05, 0.1) is 0 Å². The monoisotopic (exact) mass is 278 g/mol. The number of halogens is 1. The van der Waals surface area contributed by atoms with E-state index in [1.807, 2.05) is 18.0 Å². The number of aryl methyl sites for hydroxylation is 1. The van der Waals surface area contributed by atoms with Crippen molar-refractivity contribution in [2.24, 2.45) is 0 Å². The highest BCUT2D eigenvalue weighted by atomic mass is 35.5. The molecule has 0 saturated heterocycles. The van der Waals surface area contributed by atoms with Crippen LogP contribution in [0.1, 0.15) is 11.4 Å². The molecule has 100 valence electrons. The minimum Gasteiger partial charge on any atom is -0.399 e. The van der Waals surface area contributed by atoms with Gasteiger partial charge < -0.3 is 15.6 Å². The highest BCUT2D eigenvalue weighted by molar-refractivity contribution is 6.31. The molecule has 0 unspecified atom stereocenters. The molecule has 0 atom stereocenters. The molecule has 0 aliphatic rings. The fourth-order valence-corrected chi connectivity index (χ4v) is 1.99. The van der Waals surface area contributed by atoms with E-state index in [1.165, 1.54) is 6.07 Å². The van der Waals surface area contributed by atoms with Crippen LogP contribution in [-0.4, -0.2) is 17.0 Å². The number of nitrogens with two attached hydrogens (primary N) is 1. The summed E-state index contributed by atoms with van der Waals surface area (Å²) in [6.45, 7) is 2.27. The summed E-state index contributed by atoms with van der Waals surface area (Å²) in [5, 5.41) is 0.641. The Morgan fingerprint density at radius 2 is 2.16 bits per heavy atom. The zero-order valence-electron chi connectivity index (χ0n) is 10.8. The van der Waals surface area contributed by atoms with Crippen LogP contribution in [0.3, 0.4) is 0 Å². The zero-order valence-corrected chi connectivity index (χ0v) is 11.5. The Morgan fingerprint density at radius 1 is 1.42 bits per heavy atom. The molecule has 3 N–H and O–H groups in total. The van der Waals surface area contributed by atoms with Gasteiger partial charge in [-0.25, -0.2) is 4.98 Å². The molecule has 6 heteroatoms. The van der Waals surface area contributed by atoms with Gasteiger partial charge in [-0.05, 0) is 30.7 Å². The number of hydrogen-bond acceptors (Lipinski definition) is 4. The molecule has 0 amide bonds. The van der Waals surface area contributed by atoms with Crippen molar-refractivity contribution in [3.8, 4) is 0 Å². The van der Waals surface area contributed by atoms with E-state index in [4.69, 9.17) is 17.3 Å². The molecule has 1 heterocycles. The first-order valence-electron chi connectivity index (χ1n) is 5.78. The third kappa shape index (κ3) is 3.26. The van der Waals surface area contributed by atoms with Gasteiger partial charge in [-0.1, -0.05) is 11.6 Å². The van der Waals surface area contributed by atoms with Gasteiger partial charge >= 0.3 is 0 Å². The van der Waals surface area contributed by atoms with Gasteiger partial charge in [0, 0.05) is 30.4 Å². The molecule has 19 heavy (non-hydrogen) atoms. The Kier molecular flexibility index (Phi) is 3.76. The molecule has 0 aliphatic carbocycles. The topological polar surface area (TPSA) is 75.0 Å². The fourth-order valence-electron chi connectivity index (χ4n) is 1.81. The molecule has 0 aliphatic heterocycles. The number of aromatic nitrogens is 2. The molecule has 0 bridgehead atoms. The maximum absolute atomic E-state index is 11.4. The molecule has 2 rings (SSSR count). The van der Waals surface area contributed by atoms with Crippen LogP contribution in [0.25, 0.3) is 0 Å². The smallest absolute Gasteiger partial charge is 0.252 e. The number of nitrogen functional groups attached to an aromatic ring is 1. The van der Waals surface area contributed by atoms with Crippen LogP contribution >= 0.6 is 11.6 Å². The van der Waals surface area contributed by atoms with Gasteiger partial charge in [0.2, 0.25) is 0 Å². The summed E-state index contributed by atoms with van der Waals surface area (Å²) in [5.41, 5.74) is 7.12. The third-order valence-electron chi connectivity index (χ3n) is 2.71. The molecule has 2 aromatic rings. The van der Waals surface area contributed by atoms with Crippen LogP contribution < -0.4 is 16.2 Å². The van der Waals surface area contributed by atoms with E-state index >= 15 is 0 Å². The summed E-state index contributed by atoms with van der Waals surface area (Å²) in [6, 6.07) is 6.78. The maximum Gasteiger partial charge on any atom is 0.252 e. The molecule has 0 fully saturated rings. The number of anilines is 2. The number of benzene rings is 1. The van der Waals surface area contributed by atoms with Crippen molar-refractivity contribution >= 4 is 23.1 Å². The minimum atomic E-state index is -0.173. The second-order valence-electron chi connectivity index (χ2n) is 4.40. The third-order valence-corrected chi connectivity index (χ3v) is 3.08. The van der Waals surface area contributed by atoms with Crippen molar-refractivity contribution in [1.82, 2.24) is 9.97 Å². The predicted molar refractivity (Wildman–Crippen MR) is 77.6 cm³/mol. The molecule has 0 spiro atoms. The van der Waals surface area contributed by atoms with Crippen molar-refractivity contribution in [1.29, 1.82) is 0 Å². The lowest BCUT2D eigenvalue weighted by atomic mass is 10.2. The van der Waals surface area contributed by atoms with Crippen LogP contribution in [0.15, 0.2) is 29.1 Å². The fraction of sp³-hybridized carbons (Fsp3) is 0.231. The number of aromatic amines is 1. The van der Waals surface area contributed by atoms with Crippen LogP contribution in [-0.2, 0) is 6.54 Å². The molecular formula is C13H15ClN4O. The summed E-state index contributed by atoms with van der Waals surface area (Å²) in [7, 11) is 1.85. The van der Waals surface area contributed by atoms with Crippen molar-refractivity contribution in [3.05, 3.63) is 51.0 Å². The number of rotatable bonds is 3. The minimum absolute atomic E-state index is 0.173. The molecule has 5 nitrogen and oxygen atoms in total. The summed E-state index contributed by atoms with van der Waals surface area (Å²) >= 11 is 6.12. The summed E-state index contributed by atoms with van der Waals surface area (Å²) in [6.07, 6.45) is 0.